The molecule has 1 atom stereocenters. The highest BCUT2D eigenvalue weighted by Crippen LogP contribution is 2.38. The van der Waals surface area contributed by atoms with Crippen LogP contribution >= 0.6 is 27.3 Å². The molecule has 6 heteroatoms. The Morgan fingerprint density at radius 2 is 1.90 bits per heavy atom. The maximum absolute atomic E-state index is 13.0. The SMILES string of the molecule is Cc1ccc(C(C)Nc2cc(Br)ccc2C(F)(F)F)s1. The zero-order valence-electron chi connectivity index (χ0n) is 10.9. The zero-order chi connectivity index (χ0) is 14.9. The van der Waals surface area contributed by atoms with Crippen molar-refractivity contribution in [1.82, 2.24) is 0 Å². The average molecular weight is 364 g/mol. The molecular weight excluding hydrogens is 351 g/mol. The molecule has 0 amide bonds. The van der Waals surface area contributed by atoms with Crippen LogP contribution in [0.4, 0.5) is 18.9 Å². The van der Waals surface area contributed by atoms with Gasteiger partial charge in [-0.1, -0.05) is 15.9 Å². The highest BCUT2D eigenvalue weighted by molar-refractivity contribution is 9.10. The van der Waals surface area contributed by atoms with Gasteiger partial charge in [-0.05, 0) is 44.2 Å². The molecule has 0 aliphatic heterocycles. The van der Waals surface area contributed by atoms with E-state index in [1.165, 1.54) is 12.1 Å². The fraction of sp³-hybridized carbons (Fsp3) is 0.286. The van der Waals surface area contributed by atoms with Crippen molar-refractivity contribution >= 4 is 33.0 Å². The number of halogens is 4. The number of hydrogen-bond donors (Lipinski definition) is 1. The molecule has 2 aromatic rings. The van der Waals surface area contributed by atoms with Gasteiger partial charge >= 0.3 is 6.18 Å². The van der Waals surface area contributed by atoms with Crippen LogP contribution in [0.5, 0.6) is 0 Å². The van der Waals surface area contributed by atoms with E-state index in [0.29, 0.717) is 4.47 Å². The molecule has 1 aromatic carbocycles. The van der Waals surface area contributed by atoms with E-state index >= 15 is 0 Å². The Kier molecular flexibility index (Phi) is 4.44. The number of rotatable bonds is 3. The van der Waals surface area contributed by atoms with E-state index in [4.69, 9.17) is 0 Å². The molecule has 1 unspecified atom stereocenters. The lowest BCUT2D eigenvalue weighted by atomic mass is 10.1. The lowest BCUT2D eigenvalue weighted by molar-refractivity contribution is -0.137. The Labute approximate surface area is 128 Å². The summed E-state index contributed by atoms with van der Waals surface area (Å²) in [4.78, 5) is 2.15. The van der Waals surface area contributed by atoms with Crippen molar-refractivity contribution in [2.24, 2.45) is 0 Å². The second-order valence-electron chi connectivity index (χ2n) is 4.50. The summed E-state index contributed by atoms with van der Waals surface area (Å²) in [5.74, 6) is 0. The standard InChI is InChI=1S/C14H13BrF3NS/c1-8-3-6-13(20-8)9(2)19-12-7-10(15)4-5-11(12)14(16,17)18/h3-7,9,19H,1-2H3. The molecular formula is C14H13BrF3NS. The van der Waals surface area contributed by atoms with Gasteiger partial charge in [0.2, 0.25) is 0 Å². The van der Waals surface area contributed by atoms with Crippen molar-refractivity contribution in [3.63, 3.8) is 0 Å². The summed E-state index contributed by atoms with van der Waals surface area (Å²) < 4.78 is 39.6. The highest BCUT2D eigenvalue weighted by atomic mass is 79.9. The van der Waals surface area contributed by atoms with Crippen LogP contribution in [0.15, 0.2) is 34.8 Å². The summed E-state index contributed by atoms with van der Waals surface area (Å²) in [6.45, 7) is 3.83. The third kappa shape index (κ3) is 3.55. The molecule has 0 aliphatic rings. The highest BCUT2D eigenvalue weighted by Gasteiger charge is 2.33. The maximum Gasteiger partial charge on any atom is 0.418 e. The fourth-order valence-electron chi connectivity index (χ4n) is 1.87. The summed E-state index contributed by atoms with van der Waals surface area (Å²) in [7, 11) is 0. The van der Waals surface area contributed by atoms with Gasteiger partial charge in [-0.2, -0.15) is 13.2 Å². The van der Waals surface area contributed by atoms with Crippen LogP contribution in [0.3, 0.4) is 0 Å². The Hall–Kier alpha value is -1.01. The third-order valence-electron chi connectivity index (χ3n) is 2.85. The third-order valence-corrected chi connectivity index (χ3v) is 4.52. The second kappa shape index (κ2) is 5.77. The number of nitrogens with one attached hydrogen (secondary N) is 1. The predicted molar refractivity (Wildman–Crippen MR) is 80.2 cm³/mol. The van der Waals surface area contributed by atoms with Gasteiger partial charge in [-0.15, -0.1) is 11.3 Å². The van der Waals surface area contributed by atoms with Gasteiger partial charge in [-0.3, -0.25) is 0 Å². The minimum atomic E-state index is -4.37. The predicted octanol–water partition coefficient (Wildman–Crippen LogP) is 6.01. The number of anilines is 1. The molecule has 0 spiro atoms. The maximum atomic E-state index is 13.0. The van der Waals surface area contributed by atoms with E-state index in [1.54, 1.807) is 11.3 Å². The van der Waals surface area contributed by atoms with Crippen LogP contribution < -0.4 is 5.32 Å². The van der Waals surface area contributed by atoms with E-state index in [1.807, 2.05) is 26.0 Å². The van der Waals surface area contributed by atoms with Gasteiger partial charge in [0.05, 0.1) is 11.6 Å². The Bertz CT molecular complexity index is 607. The molecule has 0 fully saturated rings. The first kappa shape index (κ1) is 15.4. The molecule has 20 heavy (non-hydrogen) atoms. The second-order valence-corrected chi connectivity index (χ2v) is 6.74. The molecule has 1 nitrogen and oxygen atoms in total. The Morgan fingerprint density at radius 1 is 1.20 bits per heavy atom. The molecule has 2 rings (SSSR count). The van der Waals surface area contributed by atoms with E-state index in [2.05, 4.69) is 21.2 Å². The topological polar surface area (TPSA) is 12.0 Å². The van der Waals surface area contributed by atoms with Crippen LogP contribution in [0, 0.1) is 6.92 Å². The molecule has 1 heterocycles. The van der Waals surface area contributed by atoms with Gasteiger partial charge in [0.1, 0.15) is 0 Å². The first-order valence-electron chi connectivity index (χ1n) is 5.97. The molecule has 0 saturated carbocycles. The van der Waals surface area contributed by atoms with Crippen LogP contribution in [0.25, 0.3) is 0 Å². The Morgan fingerprint density at radius 3 is 2.45 bits per heavy atom. The number of alkyl halides is 3. The van der Waals surface area contributed by atoms with Crippen molar-refractivity contribution in [1.29, 1.82) is 0 Å². The zero-order valence-corrected chi connectivity index (χ0v) is 13.3. The lowest BCUT2D eigenvalue weighted by Crippen LogP contribution is -2.13. The van der Waals surface area contributed by atoms with E-state index in [9.17, 15) is 13.2 Å². The average Bonchev–Trinajstić information content (AvgIpc) is 2.74. The monoisotopic (exact) mass is 363 g/mol. The van der Waals surface area contributed by atoms with Crippen LogP contribution in [-0.4, -0.2) is 0 Å². The normalized spacial score (nSPS) is 13.3. The van der Waals surface area contributed by atoms with Crippen LogP contribution in [0.1, 0.15) is 28.3 Å². The number of benzene rings is 1. The molecule has 1 N–H and O–H groups in total. The summed E-state index contributed by atoms with van der Waals surface area (Å²) in [5, 5.41) is 2.95. The number of aryl methyl sites for hydroxylation is 1. The lowest BCUT2D eigenvalue weighted by Gasteiger charge is -2.19. The van der Waals surface area contributed by atoms with Crippen LogP contribution in [-0.2, 0) is 6.18 Å². The minimum Gasteiger partial charge on any atom is -0.377 e. The van der Waals surface area contributed by atoms with E-state index in [-0.39, 0.29) is 11.7 Å². The van der Waals surface area contributed by atoms with Crippen molar-refractivity contribution in [2.75, 3.05) is 5.32 Å². The van der Waals surface area contributed by atoms with Gasteiger partial charge in [0, 0.05) is 19.9 Å². The van der Waals surface area contributed by atoms with Gasteiger partial charge < -0.3 is 5.32 Å². The van der Waals surface area contributed by atoms with E-state index < -0.39 is 11.7 Å². The smallest absolute Gasteiger partial charge is 0.377 e. The Balaban J connectivity index is 2.30. The fourth-order valence-corrected chi connectivity index (χ4v) is 3.11. The molecule has 0 radical (unpaired) electrons. The van der Waals surface area contributed by atoms with Crippen LogP contribution in [0.2, 0.25) is 0 Å². The summed E-state index contributed by atoms with van der Waals surface area (Å²) in [5.41, 5.74) is -0.564. The van der Waals surface area contributed by atoms with Crippen molar-refractivity contribution < 1.29 is 13.2 Å². The minimum absolute atomic E-state index is 0.0884. The number of thiophene rings is 1. The number of hydrogen-bond acceptors (Lipinski definition) is 2. The molecule has 0 aliphatic carbocycles. The largest absolute Gasteiger partial charge is 0.418 e. The molecule has 108 valence electrons. The van der Waals surface area contributed by atoms with Gasteiger partial charge in [0.25, 0.3) is 0 Å². The van der Waals surface area contributed by atoms with E-state index in [0.717, 1.165) is 15.8 Å². The van der Waals surface area contributed by atoms with Crippen molar-refractivity contribution in [2.45, 2.75) is 26.1 Å². The van der Waals surface area contributed by atoms with Gasteiger partial charge in [0.15, 0.2) is 0 Å². The molecule has 0 saturated heterocycles. The first-order chi connectivity index (χ1) is 9.27. The molecule has 1 aromatic heterocycles. The first-order valence-corrected chi connectivity index (χ1v) is 7.58. The summed E-state index contributed by atoms with van der Waals surface area (Å²) in [6, 6.07) is 7.66. The van der Waals surface area contributed by atoms with Gasteiger partial charge in [-0.25, -0.2) is 0 Å². The van der Waals surface area contributed by atoms with Crippen molar-refractivity contribution in [3.05, 3.63) is 50.1 Å². The molecule has 0 bridgehead atoms. The van der Waals surface area contributed by atoms with Crippen molar-refractivity contribution in [3.8, 4) is 0 Å². The quantitative estimate of drug-likeness (QED) is 0.703. The summed E-state index contributed by atoms with van der Waals surface area (Å²) >= 11 is 4.79. The summed E-state index contributed by atoms with van der Waals surface area (Å²) in [6.07, 6.45) is -4.37.